The first kappa shape index (κ1) is 16.3. The Balaban J connectivity index is 1.71. The normalized spacial score (nSPS) is 16.9. The van der Waals surface area contributed by atoms with Crippen molar-refractivity contribution >= 4 is 11.7 Å². The van der Waals surface area contributed by atoms with Crippen LogP contribution in [-0.2, 0) is 6.61 Å². The van der Waals surface area contributed by atoms with Gasteiger partial charge in [0, 0.05) is 13.1 Å². The van der Waals surface area contributed by atoms with E-state index in [1.807, 2.05) is 30.3 Å². The maximum absolute atomic E-state index is 14.1. The third-order valence-electron chi connectivity index (χ3n) is 3.90. The Kier molecular flexibility index (Phi) is 4.96. The molecule has 1 atom stereocenters. The van der Waals surface area contributed by atoms with Crippen LogP contribution in [0.4, 0.5) is 14.9 Å². The summed E-state index contributed by atoms with van der Waals surface area (Å²) >= 11 is 0. The van der Waals surface area contributed by atoms with Crippen LogP contribution in [0.1, 0.15) is 12.0 Å². The Labute approximate surface area is 139 Å². The van der Waals surface area contributed by atoms with Crippen LogP contribution in [0.15, 0.2) is 48.5 Å². The number of β-amino-alcohol motifs (C(OH)–C–C–N with tert-alkyl or cyclic N) is 1. The first-order valence-electron chi connectivity index (χ1n) is 7.82. The molecule has 2 N–H and O–H groups in total. The number of amides is 2. The molecule has 2 amide bonds. The van der Waals surface area contributed by atoms with E-state index in [9.17, 15) is 14.3 Å². The molecule has 2 aromatic carbocycles. The summed E-state index contributed by atoms with van der Waals surface area (Å²) in [5.41, 5.74) is 0.960. The monoisotopic (exact) mass is 330 g/mol. The number of anilines is 1. The van der Waals surface area contributed by atoms with E-state index in [4.69, 9.17) is 4.74 Å². The molecule has 24 heavy (non-hydrogen) atoms. The number of aliphatic hydroxyl groups excluding tert-OH is 1. The van der Waals surface area contributed by atoms with Crippen molar-refractivity contribution in [1.29, 1.82) is 0 Å². The van der Waals surface area contributed by atoms with Gasteiger partial charge in [-0.05, 0) is 24.1 Å². The van der Waals surface area contributed by atoms with Crippen LogP contribution in [0.5, 0.6) is 5.75 Å². The van der Waals surface area contributed by atoms with Crippen molar-refractivity contribution < 1.29 is 19.0 Å². The van der Waals surface area contributed by atoms with Crippen molar-refractivity contribution in [3.8, 4) is 5.75 Å². The lowest BCUT2D eigenvalue weighted by Crippen LogP contribution is -2.34. The summed E-state index contributed by atoms with van der Waals surface area (Å²) in [6, 6.07) is 13.5. The third kappa shape index (κ3) is 3.83. The van der Waals surface area contributed by atoms with Crippen LogP contribution >= 0.6 is 0 Å². The Bertz CT molecular complexity index is 709. The lowest BCUT2D eigenvalue weighted by Gasteiger charge is -2.18. The van der Waals surface area contributed by atoms with Crippen LogP contribution in [0.3, 0.4) is 0 Å². The molecule has 0 spiro atoms. The Hall–Kier alpha value is -2.60. The second-order valence-corrected chi connectivity index (χ2v) is 5.71. The number of carbonyl (C=O) groups excluding carboxylic acids is 1. The minimum absolute atomic E-state index is 0.0137. The number of nitrogens with one attached hydrogen (secondary N) is 1. The highest BCUT2D eigenvalue weighted by Crippen LogP contribution is 2.29. The predicted molar refractivity (Wildman–Crippen MR) is 88.4 cm³/mol. The largest absolute Gasteiger partial charge is 0.487 e. The minimum atomic E-state index is -0.561. The fraction of sp³-hybridized carbons (Fsp3) is 0.278. The van der Waals surface area contributed by atoms with E-state index in [1.165, 1.54) is 17.0 Å². The number of para-hydroxylation sites is 1. The van der Waals surface area contributed by atoms with Gasteiger partial charge in [0.1, 0.15) is 18.0 Å². The number of aliphatic hydroxyl groups is 1. The second kappa shape index (κ2) is 7.31. The van der Waals surface area contributed by atoms with E-state index in [0.717, 1.165) is 5.56 Å². The summed E-state index contributed by atoms with van der Waals surface area (Å²) in [4.78, 5) is 13.7. The molecule has 1 fully saturated rings. The third-order valence-corrected chi connectivity index (χ3v) is 3.90. The molecule has 0 radical (unpaired) electrons. The average molecular weight is 330 g/mol. The maximum atomic E-state index is 14.1. The van der Waals surface area contributed by atoms with Gasteiger partial charge >= 0.3 is 6.03 Å². The molecule has 5 nitrogen and oxygen atoms in total. The molecule has 1 aliphatic rings. The number of nitrogens with zero attached hydrogens (tertiary/aromatic N) is 1. The summed E-state index contributed by atoms with van der Waals surface area (Å²) in [6.45, 7) is 0.970. The van der Waals surface area contributed by atoms with Gasteiger partial charge in [-0.2, -0.15) is 0 Å². The minimum Gasteiger partial charge on any atom is -0.487 e. The molecule has 0 saturated carbocycles. The number of halogens is 1. The summed E-state index contributed by atoms with van der Waals surface area (Å²) in [5.74, 6) is -0.291. The topological polar surface area (TPSA) is 61.8 Å². The van der Waals surface area contributed by atoms with Crippen LogP contribution in [0.2, 0.25) is 0 Å². The number of hydrogen-bond acceptors (Lipinski definition) is 3. The molecule has 0 aliphatic carbocycles. The predicted octanol–water partition coefficient (Wildman–Crippen LogP) is 3.00. The second-order valence-electron chi connectivity index (χ2n) is 5.71. The molecule has 1 saturated heterocycles. The van der Waals surface area contributed by atoms with Crippen molar-refractivity contribution in [1.82, 2.24) is 4.90 Å². The van der Waals surface area contributed by atoms with Gasteiger partial charge in [-0.3, -0.25) is 0 Å². The SMILES string of the molecule is O=C(Nc1c(F)cccc1OCc1ccccc1)N1CCC(O)C1. The van der Waals surface area contributed by atoms with Crippen LogP contribution in [0, 0.1) is 5.82 Å². The van der Waals surface area contributed by atoms with Gasteiger partial charge in [0.2, 0.25) is 0 Å². The molecule has 1 unspecified atom stereocenters. The van der Waals surface area contributed by atoms with Gasteiger partial charge in [0.25, 0.3) is 0 Å². The summed E-state index contributed by atoms with van der Waals surface area (Å²) < 4.78 is 19.8. The number of benzene rings is 2. The fourth-order valence-electron chi connectivity index (χ4n) is 2.59. The van der Waals surface area contributed by atoms with Gasteiger partial charge in [-0.1, -0.05) is 36.4 Å². The molecule has 1 heterocycles. The van der Waals surface area contributed by atoms with Gasteiger partial charge < -0.3 is 20.1 Å². The lowest BCUT2D eigenvalue weighted by atomic mass is 10.2. The van der Waals surface area contributed by atoms with Crippen molar-refractivity contribution in [3.05, 3.63) is 59.9 Å². The van der Waals surface area contributed by atoms with E-state index >= 15 is 0 Å². The summed E-state index contributed by atoms with van der Waals surface area (Å²) in [6.07, 6.45) is 0.00683. The van der Waals surface area contributed by atoms with Crippen LogP contribution in [-0.4, -0.2) is 35.2 Å². The highest BCUT2D eigenvalue weighted by atomic mass is 19.1. The van der Waals surface area contributed by atoms with Crippen LogP contribution in [0.25, 0.3) is 0 Å². The van der Waals surface area contributed by atoms with E-state index < -0.39 is 18.0 Å². The van der Waals surface area contributed by atoms with Crippen molar-refractivity contribution in [3.63, 3.8) is 0 Å². The molecule has 6 heteroatoms. The molecular weight excluding hydrogens is 311 g/mol. The quantitative estimate of drug-likeness (QED) is 0.906. The summed E-state index contributed by atoms with van der Waals surface area (Å²) in [5, 5.41) is 12.1. The average Bonchev–Trinajstić information content (AvgIpc) is 3.03. The molecule has 126 valence electrons. The summed E-state index contributed by atoms with van der Waals surface area (Å²) in [7, 11) is 0. The number of likely N-dealkylation sites (tertiary alicyclic amines) is 1. The zero-order valence-corrected chi connectivity index (χ0v) is 13.1. The number of carbonyl (C=O) groups is 1. The van der Waals surface area contributed by atoms with Crippen molar-refractivity contribution in [2.24, 2.45) is 0 Å². The van der Waals surface area contributed by atoms with E-state index in [-0.39, 0.29) is 24.6 Å². The number of rotatable bonds is 4. The van der Waals surface area contributed by atoms with E-state index in [0.29, 0.717) is 13.0 Å². The molecule has 3 rings (SSSR count). The number of urea groups is 1. The van der Waals surface area contributed by atoms with Gasteiger partial charge in [0.15, 0.2) is 5.82 Å². The molecule has 0 bridgehead atoms. The van der Waals surface area contributed by atoms with E-state index in [1.54, 1.807) is 6.07 Å². The smallest absolute Gasteiger partial charge is 0.322 e. The lowest BCUT2D eigenvalue weighted by molar-refractivity contribution is 0.176. The molecule has 0 aromatic heterocycles. The van der Waals surface area contributed by atoms with Crippen LogP contribution < -0.4 is 10.1 Å². The molecule has 2 aromatic rings. The van der Waals surface area contributed by atoms with Crippen molar-refractivity contribution in [2.45, 2.75) is 19.1 Å². The fourth-order valence-corrected chi connectivity index (χ4v) is 2.59. The first-order valence-corrected chi connectivity index (χ1v) is 7.82. The Morgan fingerprint density at radius 1 is 1.25 bits per heavy atom. The van der Waals surface area contributed by atoms with Gasteiger partial charge in [0.05, 0.1) is 6.10 Å². The zero-order chi connectivity index (χ0) is 16.9. The highest BCUT2D eigenvalue weighted by Gasteiger charge is 2.25. The zero-order valence-electron chi connectivity index (χ0n) is 13.1. The maximum Gasteiger partial charge on any atom is 0.322 e. The van der Waals surface area contributed by atoms with Crippen molar-refractivity contribution in [2.75, 3.05) is 18.4 Å². The highest BCUT2D eigenvalue weighted by molar-refractivity contribution is 5.91. The Morgan fingerprint density at radius 3 is 2.75 bits per heavy atom. The number of ether oxygens (including phenoxy) is 1. The number of hydrogen-bond donors (Lipinski definition) is 2. The Morgan fingerprint density at radius 2 is 2.04 bits per heavy atom. The molecule has 1 aliphatic heterocycles. The van der Waals surface area contributed by atoms with Gasteiger partial charge in [-0.25, -0.2) is 9.18 Å². The van der Waals surface area contributed by atoms with E-state index in [2.05, 4.69) is 5.32 Å². The molecular formula is C18H19FN2O3. The van der Waals surface area contributed by atoms with Gasteiger partial charge in [-0.15, -0.1) is 0 Å². The standard InChI is InChI=1S/C18H19FN2O3/c19-15-7-4-8-16(24-12-13-5-2-1-3-6-13)17(15)20-18(23)21-10-9-14(22)11-21/h1-8,14,22H,9-12H2,(H,20,23). The first-order chi connectivity index (χ1) is 11.6.